The molecular weight excluding hydrogens is 373 g/mol. The first-order valence-corrected chi connectivity index (χ1v) is 9.79. The van der Waals surface area contributed by atoms with Crippen LogP contribution in [0.1, 0.15) is 24.2 Å². The van der Waals surface area contributed by atoms with Gasteiger partial charge in [-0.05, 0) is 44.8 Å². The minimum atomic E-state index is -0.354. The fraction of sp³-hybridized carbons (Fsp3) is 0.455. The van der Waals surface area contributed by atoms with Crippen molar-refractivity contribution >= 4 is 5.91 Å². The topological polar surface area (TPSA) is 65.9 Å². The van der Waals surface area contributed by atoms with E-state index in [9.17, 15) is 14.3 Å². The van der Waals surface area contributed by atoms with E-state index in [1.165, 1.54) is 12.1 Å². The van der Waals surface area contributed by atoms with E-state index in [1.807, 2.05) is 32.8 Å². The number of nitrogens with zero attached hydrogens (tertiary/aromatic N) is 3. The number of carbonyl (C=O) groups is 1. The highest BCUT2D eigenvalue weighted by atomic mass is 19.1. The number of aromatic nitrogens is 1. The highest BCUT2D eigenvalue weighted by Crippen LogP contribution is 2.30. The Morgan fingerprint density at radius 3 is 2.76 bits per heavy atom. The molecule has 0 fully saturated rings. The predicted molar refractivity (Wildman–Crippen MR) is 109 cm³/mol. The summed E-state index contributed by atoms with van der Waals surface area (Å²) >= 11 is 0. The summed E-state index contributed by atoms with van der Waals surface area (Å²) in [5.74, 6) is -0.286. The van der Waals surface area contributed by atoms with Crippen LogP contribution in [0.4, 0.5) is 4.39 Å². The Labute approximate surface area is 170 Å². The lowest BCUT2D eigenvalue weighted by atomic mass is 9.99. The number of halogens is 1. The second kappa shape index (κ2) is 8.88. The molecule has 6 nitrogen and oxygen atoms in total. The number of amides is 1. The molecule has 1 N–H and O–H groups in total. The van der Waals surface area contributed by atoms with Gasteiger partial charge in [0.05, 0.1) is 12.6 Å². The van der Waals surface area contributed by atoms with E-state index in [1.54, 1.807) is 29.3 Å². The van der Waals surface area contributed by atoms with Crippen molar-refractivity contribution in [2.75, 3.05) is 33.8 Å². The van der Waals surface area contributed by atoms with Crippen LogP contribution in [0.25, 0.3) is 11.1 Å². The Hall–Kier alpha value is -2.51. The molecule has 0 bridgehead atoms. The highest BCUT2D eigenvalue weighted by Gasteiger charge is 2.34. The SMILES string of the molecule is C[C@H]1CN([C@@H](C)CO)C(=O)c2cc(-c3cccc(F)c3)cnc2O[C@H]1CN(C)C. The maximum absolute atomic E-state index is 13.7. The number of fused-ring (bicyclic) bond motifs is 1. The molecule has 29 heavy (non-hydrogen) atoms. The van der Waals surface area contributed by atoms with Crippen LogP contribution < -0.4 is 4.74 Å². The second-order valence-corrected chi connectivity index (χ2v) is 7.97. The van der Waals surface area contributed by atoms with Crippen LogP contribution in [-0.4, -0.2) is 71.7 Å². The molecule has 1 aliphatic heterocycles. The van der Waals surface area contributed by atoms with Gasteiger partial charge in [0.25, 0.3) is 5.91 Å². The smallest absolute Gasteiger partial charge is 0.259 e. The lowest BCUT2D eigenvalue weighted by Crippen LogP contribution is -2.49. The van der Waals surface area contributed by atoms with E-state index in [0.29, 0.717) is 29.8 Å². The van der Waals surface area contributed by atoms with Crippen molar-refractivity contribution in [3.05, 3.63) is 47.9 Å². The van der Waals surface area contributed by atoms with Gasteiger partial charge in [-0.3, -0.25) is 4.79 Å². The Balaban J connectivity index is 2.08. The van der Waals surface area contributed by atoms with Crippen molar-refractivity contribution < 1.29 is 19.0 Å². The van der Waals surface area contributed by atoms with Crippen molar-refractivity contribution in [2.24, 2.45) is 5.92 Å². The number of hydrogen-bond acceptors (Lipinski definition) is 5. The fourth-order valence-electron chi connectivity index (χ4n) is 3.51. The number of rotatable bonds is 5. The summed E-state index contributed by atoms with van der Waals surface area (Å²) < 4.78 is 19.8. The second-order valence-electron chi connectivity index (χ2n) is 7.97. The van der Waals surface area contributed by atoms with Crippen LogP contribution >= 0.6 is 0 Å². The van der Waals surface area contributed by atoms with Crippen molar-refractivity contribution in [3.63, 3.8) is 0 Å². The molecule has 0 spiro atoms. The van der Waals surface area contributed by atoms with Gasteiger partial charge in [0, 0.05) is 30.8 Å². The number of aliphatic hydroxyl groups is 1. The normalized spacial score (nSPS) is 20.7. The zero-order chi connectivity index (χ0) is 21.1. The molecule has 156 valence electrons. The highest BCUT2D eigenvalue weighted by molar-refractivity contribution is 5.98. The molecule has 7 heteroatoms. The first kappa shape index (κ1) is 21.2. The standard InChI is InChI=1S/C22H28FN3O3/c1-14-11-26(15(2)13-27)22(28)19-9-17(16-6-5-7-18(23)8-16)10-24-21(19)29-20(14)12-25(3)4/h5-10,14-15,20,27H,11-13H2,1-4H3/t14-,15-,20-/m0/s1. The molecule has 1 aromatic carbocycles. The fourth-order valence-corrected chi connectivity index (χ4v) is 3.51. The van der Waals surface area contributed by atoms with Gasteiger partial charge in [-0.2, -0.15) is 0 Å². The van der Waals surface area contributed by atoms with Gasteiger partial charge >= 0.3 is 0 Å². The number of carbonyl (C=O) groups excluding carboxylic acids is 1. The molecule has 2 heterocycles. The Morgan fingerprint density at radius 1 is 1.34 bits per heavy atom. The van der Waals surface area contributed by atoms with E-state index in [0.717, 1.165) is 0 Å². The van der Waals surface area contributed by atoms with Crippen molar-refractivity contribution in [2.45, 2.75) is 26.0 Å². The minimum Gasteiger partial charge on any atom is -0.472 e. The van der Waals surface area contributed by atoms with Crippen LogP contribution in [0.5, 0.6) is 5.88 Å². The molecule has 1 aliphatic rings. The molecule has 2 aromatic rings. The Kier molecular flexibility index (Phi) is 6.49. The monoisotopic (exact) mass is 401 g/mol. The van der Waals surface area contributed by atoms with Crippen LogP contribution in [0.15, 0.2) is 36.5 Å². The van der Waals surface area contributed by atoms with E-state index < -0.39 is 0 Å². The third-order valence-electron chi connectivity index (χ3n) is 5.22. The summed E-state index contributed by atoms with van der Waals surface area (Å²) in [6.45, 7) is 4.85. The average molecular weight is 401 g/mol. The molecule has 0 aliphatic carbocycles. The minimum absolute atomic E-state index is 0.0493. The summed E-state index contributed by atoms with van der Waals surface area (Å²) in [5, 5.41) is 9.68. The van der Waals surface area contributed by atoms with Gasteiger partial charge in [-0.15, -0.1) is 0 Å². The van der Waals surface area contributed by atoms with Crippen molar-refractivity contribution in [1.82, 2.24) is 14.8 Å². The molecule has 1 amide bonds. The summed E-state index contributed by atoms with van der Waals surface area (Å²) in [7, 11) is 3.94. The maximum Gasteiger partial charge on any atom is 0.259 e. The lowest BCUT2D eigenvalue weighted by Gasteiger charge is -2.37. The van der Waals surface area contributed by atoms with Crippen LogP contribution in [0.2, 0.25) is 0 Å². The van der Waals surface area contributed by atoms with Gasteiger partial charge in [0.15, 0.2) is 0 Å². The number of benzene rings is 1. The number of ether oxygens (including phenoxy) is 1. The molecule has 3 rings (SSSR count). The van der Waals surface area contributed by atoms with Crippen LogP contribution in [0.3, 0.4) is 0 Å². The van der Waals surface area contributed by atoms with Gasteiger partial charge in [0.1, 0.15) is 17.5 Å². The van der Waals surface area contributed by atoms with E-state index in [4.69, 9.17) is 4.74 Å². The predicted octanol–water partition coefficient (Wildman–Crippen LogP) is 2.67. The van der Waals surface area contributed by atoms with E-state index >= 15 is 0 Å². The van der Waals surface area contributed by atoms with Crippen molar-refractivity contribution in [1.29, 1.82) is 0 Å². The van der Waals surface area contributed by atoms with E-state index in [2.05, 4.69) is 4.98 Å². The van der Waals surface area contributed by atoms with Crippen LogP contribution in [-0.2, 0) is 0 Å². The van der Waals surface area contributed by atoms with E-state index in [-0.39, 0.29) is 42.3 Å². The Bertz CT molecular complexity index is 874. The quantitative estimate of drug-likeness (QED) is 0.835. The third kappa shape index (κ3) is 4.74. The summed E-state index contributed by atoms with van der Waals surface area (Å²) in [6, 6.07) is 7.52. The van der Waals surface area contributed by atoms with Gasteiger partial charge < -0.3 is 19.6 Å². The third-order valence-corrected chi connectivity index (χ3v) is 5.22. The van der Waals surface area contributed by atoms with Gasteiger partial charge in [-0.1, -0.05) is 19.1 Å². The van der Waals surface area contributed by atoms with Gasteiger partial charge in [0.2, 0.25) is 5.88 Å². The Morgan fingerprint density at radius 2 is 2.10 bits per heavy atom. The van der Waals surface area contributed by atoms with Crippen LogP contribution in [0, 0.1) is 11.7 Å². The number of pyridine rings is 1. The molecule has 3 atom stereocenters. The zero-order valence-corrected chi connectivity index (χ0v) is 17.3. The summed E-state index contributed by atoms with van der Waals surface area (Å²) in [4.78, 5) is 21.4. The molecule has 0 radical (unpaired) electrons. The first-order chi connectivity index (χ1) is 13.8. The first-order valence-electron chi connectivity index (χ1n) is 9.79. The van der Waals surface area contributed by atoms with Gasteiger partial charge in [-0.25, -0.2) is 9.37 Å². The number of hydrogen-bond donors (Lipinski definition) is 1. The molecule has 0 unspecified atom stereocenters. The molecule has 0 saturated carbocycles. The summed E-state index contributed by atoms with van der Waals surface area (Å²) in [5.41, 5.74) is 1.59. The number of likely N-dealkylation sites (N-methyl/N-ethyl adjacent to an activating group) is 1. The average Bonchev–Trinajstić information content (AvgIpc) is 2.69. The maximum atomic E-state index is 13.7. The van der Waals surface area contributed by atoms with Crippen molar-refractivity contribution in [3.8, 4) is 17.0 Å². The molecular formula is C22H28FN3O3. The molecule has 1 aromatic heterocycles. The lowest BCUT2D eigenvalue weighted by molar-refractivity contribution is 0.0348. The molecule has 0 saturated heterocycles. The number of aliphatic hydroxyl groups excluding tert-OH is 1. The summed E-state index contributed by atoms with van der Waals surface area (Å²) in [6.07, 6.45) is 1.43. The largest absolute Gasteiger partial charge is 0.472 e. The zero-order valence-electron chi connectivity index (χ0n) is 17.3.